The van der Waals surface area contributed by atoms with Crippen LogP contribution >= 0.6 is 0 Å². The zero-order valence-corrected chi connectivity index (χ0v) is 14.9. The molecule has 132 valence electrons. The topological polar surface area (TPSA) is 58.6 Å². The molecule has 0 saturated carbocycles. The lowest BCUT2D eigenvalue weighted by Gasteiger charge is -2.22. The molecule has 5 nitrogen and oxygen atoms in total. The standard InChI is InChI=1S/C18H32N2O3/c1-4-23-18(22)14-20(12-15(2)3)13-17(21)19-11-10-16-8-6-5-7-9-16/h8,15H,4-7,9-14H2,1-3H3,(H,19,21). The molecule has 0 fully saturated rings. The molecule has 5 heteroatoms. The molecule has 1 aliphatic carbocycles. The van der Waals surface area contributed by atoms with Crippen molar-refractivity contribution in [2.24, 2.45) is 5.92 Å². The summed E-state index contributed by atoms with van der Waals surface area (Å²) in [6, 6.07) is 0. The van der Waals surface area contributed by atoms with Gasteiger partial charge in [-0.05, 0) is 44.9 Å². The van der Waals surface area contributed by atoms with E-state index in [1.807, 2.05) is 4.90 Å². The Morgan fingerprint density at radius 1 is 1.30 bits per heavy atom. The summed E-state index contributed by atoms with van der Waals surface area (Å²) >= 11 is 0. The van der Waals surface area contributed by atoms with Crippen molar-refractivity contribution in [2.45, 2.75) is 52.9 Å². The molecule has 0 unspecified atom stereocenters. The van der Waals surface area contributed by atoms with Gasteiger partial charge in [0.15, 0.2) is 0 Å². The number of allylic oxidation sites excluding steroid dienone is 1. The Morgan fingerprint density at radius 3 is 2.70 bits per heavy atom. The molecule has 0 radical (unpaired) electrons. The second-order valence-electron chi connectivity index (χ2n) is 6.58. The minimum Gasteiger partial charge on any atom is -0.465 e. The van der Waals surface area contributed by atoms with Gasteiger partial charge in [0.05, 0.1) is 19.7 Å². The van der Waals surface area contributed by atoms with Crippen LogP contribution in [0.4, 0.5) is 0 Å². The van der Waals surface area contributed by atoms with Gasteiger partial charge in [0.25, 0.3) is 0 Å². The maximum atomic E-state index is 12.1. The zero-order chi connectivity index (χ0) is 17.1. The van der Waals surface area contributed by atoms with Gasteiger partial charge in [0.1, 0.15) is 0 Å². The summed E-state index contributed by atoms with van der Waals surface area (Å²) in [7, 11) is 0. The summed E-state index contributed by atoms with van der Waals surface area (Å²) in [5, 5.41) is 2.97. The molecular formula is C18H32N2O3. The van der Waals surface area contributed by atoms with Crippen LogP contribution in [0.15, 0.2) is 11.6 Å². The first kappa shape index (κ1) is 19.7. The fourth-order valence-corrected chi connectivity index (χ4v) is 2.84. The number of ether oxygens (including phenoxy) is 1. The molecule has 0 saturated heterocycles. The zero-order valence-electron chi connectivity index (χ0n) is 14.9. The molecule has 1 N–H and O–H groups in total. The van der Waals surface area contributed by atoms with Crippen LogP contribution in [0.3, 0.4) is 0 Å². The fraction of sp³-hybridized carbons (Fsp3) is 0.778. The third-order valence-electron chi connectivity index (χ3n) is 3.80. The van der Waals surface area contributed by atoms with Crippen LogP contribution in [0.25, 0.3) is 0 Å². The van der Waals surface area contributed by atoms with E-state index in [9.17, 15) is 9.59 Å². The van der Waals surface area contributed by atoms with Crippen LogP contribution < -0.4 is 5.32 Å². The van der Waals surface area contributed by atoms with Gasteiger partial charge in [-0.1, -0.05) is 25.5 Å². The number of carbonyl (C=O) groups excluding carboxylic acids is 2. The number of nitrogens with zero attached hydrogens (tertiary/aromatic N) is 1. The maximum Gasteiger partial charge on any atom is 0.320 e. The summed E-state index contributed by atoms with van der Waals surface area (Å²) in [6.07, 6.45) is 8.13. The molecule has 0 atom stereocenters. The molecule has 0 heterocycles. The van der Waals surface area contributed by atoms with E-state index in [4.69, 9.17) is 4.74 Å². The number of amides is 1. The van der Waals surface area contributed by atoms with Crippen molar-refractivity contribution in [1.29, 1.82) is 0 Å². The highest BCUT2D eigenvalue weighted by Gasteiger charge is 2.16. The molecule has 0 aromatic carbocycles. The number of rotatable bonds is 10. The van der Waals surface area contributed by atoms with Crippen molar-refractivity contribution in [3.63, 3.8) is 0 Å². The Labute approximate surface area is 140 Å². The largest absolute Gasteiger partial charge is 0.465 e. The predicted octanol–water partition coefficient (Wildman–Crippen LogP) is 2.51. The summed E-state index contributed by atoms with van der Waals surface area (Å²) < 4.78 is 4.98. The van der Waals surface area contributed by atoms with Gasteiger partial charge in [-0.25, -0.2) is 0 Å². The van der Waals surface area contributed by atoms with Gasteiger partial charge in [-0.15, -0.1) is 0 Å². The van der Waals surface area contributed by atoms with Gasteiger partial charge in [0.2, 0.25) is 5.91 Å². The summed E-state index contributed by atoms with van der Waals surface area (Å²) in [6.45, 7) is 8.11. The van der Waals surface area contributed by atoms with Crippen LogP contribution in [0.2, 0.25) is 0 Å². The lowest BCUT2D eigenvalue weighted by molar-refractivity contribution is -0.144. The Hall–Kier alpha value is -1.36. The maximum absolute atomic E-state index is 12.1. The Bertz CT molecular complexity index is 405. The summed E-state index contributed by atoms with van der Waals surface area (Å²) in [4.78, 5) is 25.6. The van der Waals surface area contributed by atoms with Gasteiger partial charge < -0.3 is 10.1 Å². The lowest BCUT2D eigenvalue weighted by Crippen LogP contribution is -2.42. The number of esters is 1. The Balaban J connectivity index is 2.33. The number of carbonyl (C=O) groups is 2. The van der Waals surface area contributed by atoms with Crippen molar-refractivity contribution in [2.75, 3.05) is 32.8 Å². The van der Waals surface area contributed by atoms with Crippen LogP contribution in [0, 0.1) is 5.92 Å². The van der Waals surface area contributed by atoms with E-state index in [1.165, 1.54) is 24.8 Å². The van der Waals surface area contributed by atoms with E-state index in [1.54, 1.807) is 6.92 Å². The van der Waals surface area contributed by atoms with Crippen molar-refractivity contribution in [1.82, 2.24) is 10.2 Å². The molecular weight excluding hydrogens is 292 g/mol. The van der Waals surface area contributed by atoms with Crippen LogP contribution in [0.1, 0.15) is 52.9 Å². The molecule has 0 aromatic rings. The van der Waals surface area contributed by atoms with Gasteiger partial charge in [0, 0.05) is 13.1 Å². The first-order valence-corrected chi connectivity index (χ1v) is 8.83. The number of nitrogens with one attached hydrogen (secondary N) is 1. The Kier molecular flexibility index (Phi) is 9.60. The second kappa shape index (κ2) is 11.2. The highest BCUT2D eigenvalue weighted by Crippen LogP contribution is 2.19. The summed E-state index contributed by atoms with van der Waals surface area (Å²) in [5.74, 6) is 0.101. The third-order valence-corrected chi connectivity index (χ3v) is 3.80. The molecule has 0 bridgehead atoms. The van der Waals surface area contributed by atoms with Gasteiger partial charge in [-0.3, -0.25) is 14.5 Å². The van der Waals surface area contributed by atoms with Crippen molar-refractivity contribution in [3.8, 4) is 0 Å². The fourth-order valence-electron chi connectivity index (χ4n) is 2.84. The molecule has 1 rings (SSSR count). The molecule has 1 aliphatic rings. The van der Waals surface area contributed by atoms with Crippen molar-refractivity contribution in [3.05, 3.63) is 11.6 Å². The highest BCUT2D eigenvalue weighted by molar-refractivity contribution is 5.79. The summed E-state index contributed by atoms with van der Waals surface area (Å²) in [5.41, 5.74) is 1.46. The first-order valence-electron chi connectivity index (χ1n) is 8.83. The molecule has 0 aliphatic heterocycles. The smallest absolute Gasteiger partial charge is 0.320 e. The van der Waals surface area contributed by atoms with Crippen LogP contribution in [-0.4, -0.2) is 49.6 Å². The average molecular weight is 324 g/mol. The second-order valence-corrected chi connectivity index (χ2v) is 6.58. The quantitative estimate of drug-likeness (QED) is 0.495. The minimum absolute atomic E-state index is 0.0219. The van der Waals surface area contributed by atoms with E-state index in [0.29, 0.717) is 25.6 Å². The van der Waals surface area contributed by atoms with Crippen LogP contribution in [-0.2, 0) is 14.3 Å². The third kappa shape index (κ3) is 9.39. The first-order chi connectivity index (χ1) is 11.0. The SMILES string of the molecule is CCOC(=O)CN(CC(=O)NCCC1=CCCCC1)CC(C)C. The van der Waals surface area contributed by atoms with E-state index in [-0.39, 0.29) is 25.0 Å². The highest BCUT2D eigenvalue weighted by atomic mass is 16.5. The van der Waals surface area contributed by atoms with E-state index in [0.717, 1.165) is 12.8 Å². The molecule has 0 spiro atoms. The lowest BCUT2D eigenvalue weighted by atomic mass is 9.97. The number of hydrogen-bond acceptors (Lipinski definition) is 4. The molecule has 23 heavy (non-hydrogen) atoms. The van der Waals surface area contributed by atoms with Crippen LogP contribution in [0.5, 0.6) is 0 Å². The van der Waals surface area contributed by atoms with E-state index in [2.05, 4.69) is 25.2 Å². The van der Waals surface area contributed by atoms with E-state index >= 15 is 0 Å². The van der Waals surface area contributed by atoms with Crippen molar-refractivity contribution < 1.29 is 14.3 Å². The minimum atomic E-state index is -0.270. The molecule has 1 amide bonds. The van der Waals surface area contributed by atoms with Crippen molar-refractivity contribution >= 4 is 11.9 Å². The predicted molar refractivity (Wildman–Crippen MR) is 92.1 cm³/mol. The van der Waals surface area contributed by atoms with Gasteiger partial charge >= 0.3 is 5.97 Å². The monoisotopic (exact) mass is 324 g/mol. The van der Waals surface area contributed by atoms with E-state index < -0.39 is 0 Å². The normalized spacial score (nSPS) is 14.7. The number of hydrogen-bond donors (Lipinski definition) is 1. The molecule has 0 aromatic heterocycles. The van der Waals surface area contributed by atoms with Gasteiger partial charge in [-0.2, -0.15) is 0 Å². The average Bonchev–Trinajstić information content (AvgIpc) is 2.47. The Morgan fingerprint density at radius 2 is 2.09 bits per heavy atom.